The average molecular weight is 448 g/mol. The number of hydrogen-bond acceptors (Lipinski definition) is 2. The third-order valence-corrected chi connectivity index (χ3v) is 6.70. The van der Waals surface area contributed by atoms with E-state index in [-0.39, 0.29) is 0 Å². The summed E-state index contributed by atoms with van der Waals surface area (Å²) in [4.78, 5) is 9.49. The second-order valence-electron chi connectivity index (χ2n) is 8.67. The second kappa shape index (κ2) is 7.93. The fourth-order valence-corrected chi connectivity index (χ4v) is 5.20. The molecular weight excluding hydrogens is 426 g/mol. The number of nitrogens with zero attached hydrogens (tertiary/aromatic N) is 3. The molecule has 4 aromatic carbocycles. The van der Waals surface area contributed by atoms with Gasteiger partial charge in [0.05, 0.1) is 28.1 Å². The zero-order valence-corrected chi connectivity index (χ0v) is 19.0. The molecule has 0 saturated heterocycles. The van der Waals surface area contributed by atoms with Crippen LogP contribution in [0.4, 0.5) is 0 Å². The summed E-state index contributed by atoms with van der Waals surface area (Å²) in [5.41, 5.74) is 7.48. The summed E-state index contributed by atoms with van der Waals surface area (Å²) < 4.78 is 2.42. The van der Waals surface area contributed by atoms with E-state index in [9.17, 15) is 0 Å². The molecule has 0 bridgehead atoms. The fourth-order valence-electron chi connectivity index (χ4n) is 5.20. The molecule has 3 nitrogen and oxygen atoms in total. The van der Waals surface area contributed by atoms with Gasteiger partial charge >= 0.3 is 0 Å². The van der Waals surface area contributed by atoms with E-state index in [4.69, 9.17) is 9.97 Å². The highest BCUT2D eigenvalue weighted by atomic mass is 15.0. The highest BCUT2D eigenvalue weighted by Crippen LogP contribution is 2.42. The van der Waals surface area contributed by atoms with Crippen LogP contribution in [0.1, 0.15) is 0 Å². The van der Waals surface area contributed by atoms with E-state index < -0.39 is 0 Å². The van der Waals surface area contributed by atoms with Gasteiger partial charge in [-0.15, -0.1) is 0 Å². The van der Waals surface area contributed by atoms with Crippen LogP contribution < -0.4 is 0 Å². The third-order valence-electron chi connectivity index (χ3n) is 6.70. The molecule has 0 N–H and O–H groups in total. The van der Waals surface area contributed by atoms with Gasteiger partial charge in [0, 0.05) is 39.7 Å². The van der Waals surface area contributed by atoms with Crippen molar-refractivity contribution >= 4 is 32.6 Å². The number of fused-ring (bicyclic) bond motifs is 5. The Morgan fingerprint density at radius 3 is 1.77 bits per heavy atom. The summed E-state index contributed by atoms with van der Waals surface area (Å²) in [5, 5.41) is 4.92. The summed E-state index contributed by atoms with van der Waals surface area (Å²) >= 11 is 0. The standard InChI is InChI=1S/C32H21N3/c1-2-11-23-22(10-1)18-19-25-24-12-3-4-17-30(24)35(31(23)25)32-26(28-15-5-7-20-33-28)13-9-14-27(32)29-16-6-8-21-34-29/h1-21H. The lowest BCUT2D eigenvalue weighted by Gasteiger charge is -2.18. The van der Waals surface area contributed by atoms with Crippen molar-refractivity contribution in [1.82, 2.24) is 14.5 Å². The third kappa shape index (κ3) is 3.06. The molecule has 3 heteroatoms. The van der Waals surface area contributed by atoms with E-state index in [1.54, 1.807) is 0 Å². The van der Waals surface area contributed by atoms with Crippen molar-refractivity contribution in [3.8, 4) is 28.2 Å². The zero-order valence-electron chi connectivity index (χ0n) is 19.0. The Kier molecular flexibility index (Phi) is 4.46. The maximum Gasteiger partial charge on any atom is 0.0723 e. The first-order valence-corrected chi connectivity index (χ1v) is 11.8. The highest BCUT2D eigenvalue weighted by molar-refractivity contribution is 6.19. The molecule has 164 valence electrons. The first-order chi connectivity index (χ1) is 17.4. The molecule has 7 rings (SSSR count). The predicted octanol–water partition coefficient (Wildman–Crippen LogP) is 8.06. The van der Waals surface area contributed by atoms with Gasteiger partial charge in [-0.25, -0.2) is 0 Å². The van der Waals surface area contributed by atoms with Crippen LogP contribution in [0.15, 0.2) is 128 Å². The van der Waals surface area contributed by atoms with Gasteiger partial charge in [0.25, 0.3) is 0 Å². The van der Waals surface area contributed by atoms with Gasteiger partial charge in [-0.05, 0) is 35.7 Å². The number of rotatable bonds is 3. The Morgan fingerprint density at radius 1 is 0.457 bits per heavy atom. The molecule has 0 fully saturated rings. The molecule has 3 heterocycles. The first-order valence-electron chi connectivity index (χ1n) is 11.8. The number of hydrogen-bond donors (Lipinski definition) is 0. The lowest BCUT2D eigenvalue weighted by atomic mass is 10.00. The molecule has 0 aliphatic rings. The van der Waals surface area contributed by atoms with Crippen molar-refractivity contribution in [3.63, 3.8) is 0 Å². The average Bonchev–Trinajstić information content (AvgIpc) is 3.28. The van der Waals surface area contributed by atoms with E-state index in [1.807, 2.05) is 36.7 Å². The molecule has 0 amide bonds. The molecule has 7 aromatic rings. The fraction of sp³-hybridized carbons (Fsp3) is 0. The number of para-hydroxylation sites is 2. The van der Waals surface area contributed by atoms with Crippen molar-refractivity contribution in [1.29, 1.82) is 0 Å². The summed E-state index contributed by atoms with van der Waals surface area (Å²) in [5.74, 6) is 0. The molecule has 0 saturated carbocycles. The quantitative estimate of drug-likeness (QED) is 0.274. The number of pyridine rings is 2. The Labute approximate surface area is 203 Å². The van der Waals surface area contributed by atoms with Gasteiger partial charge in [0.2, 0.25) is 0 Å². The number of aromatic nitrogens is 3. The first kappa shape index (κ1) is 19.7. The minimum absolute atomic E-state index is 0.937. The Hall–Kier alpha value is -4.76. The van der Waals surface area contributed by atoms with E-state index in [1.165, 1.54) is 32.6 Å². The number of benzene rings is 4. The SMILES string of the molecule is c1ccc(-c2cccc(-c3ccccn3)c2-n2c3ccccc3c3ccc4ccccc4c32)nc1. The van der Waals surface area contributed by atoms with Crippen molar-refractivity contribution in [2.75, 3.05) is 0 Å². The minimum atomic E-state index is 0.937. The topological polar surface area (TPSA) is 30.7 Å². The van der Waals surface area contributed by atoms with Crippen molar-refractivity contribution < 1.29 is 0 Å². The predicted molar refractivity (Wildman–Crippen MR) is 145 cm³/mol. The van der Waals surface area contributed by atoms with Crippen LogP contribution in [-0.2, 0) is 0 Å². The minimum Gasteiger partial charge on any atom is -0.307 e. The summed E-state index contributed by atoms with van der Waals surface area (Å²) in [6, 6.07) is 40.3. The molecular formula is C32H21N3. The summed E-state index contributed by atoms with van der Waals surface area (Å²) in [6.45, 7) is 0. The van der Waals surface area contributed by atoms with E-state index >= 15 is 0 Å². The van der Waals surface area contributed by atoms with Crippen LogP contribution in [-0.4, -0.2) is 14.5 Å². The van der Waals surface area contributed by atoms with Gasteiger partial charge in [-0.2, -0.15) is 0 Å². The largest absolute Gasteiger partial charge is 0.307 e. The lowest BCUT2D eigenvalue weighted by Crippen LogP contribution is -2.02. The van der Waals surface area contributed by atoms with Gasteiger partial charge in [0.1, 0.15) is 0 Å². The van der Waals surface area contributed by atoms with E-state index in [0.29, 0.717) is 0 Å². The van der Waals surface area contributed by atoms with Crippen LogP contribution in [0.5, 0.6) is 0 Å². The molecule has 3 aromatic heterocycles. The molecule has 35 heavy (non-hydrogen) atoms. The summed E-state index contributed by atoms with van der Waals surface area (Å²) in [6.07, 6.45) is 3.71. The van der Waals surface area contributed by atoms with Gasteiger partial charge < -0.3 is 4.57 Å². The maximum atomic E-state index is 4.74. The molecule has 0 aliphatic carbocycles. The lowest BCUT2D eigenvalue weighted by molar-refractivity contribution is 1.17. The Balaban J connectivity index is 1.73. The van der Waals surface area contributed by atoms with Crippen molar-refractivity contribution in [2.24, 2.45) is 0 Å². The van der Waals surface area contributed by atoms with E-state index in [2.05, 4.69) is 95.6 Å². The van der Waals surface area contributed by atoms with Crippen LogP contribution in [0.25, 0.3) is 60.8 Å². The molecule has 0 atom stereocenters. The Bertz CT molecular complexity index is 1780. The van der Waals surface area contributed by atoms with Crippen molar-refractivity contribution in [3.05, 3.63) is 128 Å². The normalized spacial score (nSPS) is 11.4. The zero-order chi connectivity index (χ0) is 23.2. The van der Waals surface area contributed by atoms with Crippen molar-refractivity contribution in [2.45, 2.75) is 0 Å². The highest BCUT2D eigenvalue weighted by Gasteiger charge is 2.21. The Morgan fingerprint density at radius 2 is 1.09 bits per heavy atom. The summed E-state index contributed by atoms with van der Waals surface area (Å²) in [7, 11) is 0. The maximum absolute atomic E-state index is 4.74. The van der Waals surface area contributed by atoms with Gasteiger partial charge in [-0.3, -0.25) is 9.97 Å². The van der Waals surface area contributed by atoms with E-state index in [0.717, 1.165) is 28.2 Å². The van der Waals surface area contributed by atoms with Crippen LogP contribution in [0.3, 0.4) is 0 Å². The van der Waals surface area contributed by atoms with Crippen LogP contribution in [0.2, 0.25) is 0 Å². The van der Waals surface area contributed by atoms with Gasteiger partial charge in [-0.1, -0.05) is 84.9 Å². The second-order valence-corrected chi connectivity index (χ2v) is 8.67. The smallest absolute Gasteiger partial charge is 0.0723 e. The van der Waals surface area contributed by atoms with Crippen LogP contribution >= 0.6 is 0 Å². The van der Waals surface area contributed by atoms with Gasteiger partial charge in [0.15, 0.2) is 0 Å². The molecule has 0 aliphatic heterocycles. The molecule has 0 unspecified atom stereocenters. The van der Waals surface area contributed by atoms with Crippen LogP contribution in [0, 0.1) is 0 Å². The molecule has 0 radical (unpaired) electrons. The monoisotopic (exact) mass is 447 g/mol. The molecule has 0 spiro atoms.